The highest BCUT2D eigenvalue weighted by atomic mass is 16.5. The SMILES string of the molecule is CCOc1ccc(CCNC(=O)c2ccccc2O)cc1OCC. The van der Waals surface area contributed by atoms with Gasteiger partial charge in [0.25, 0.3) is 5.91 Å². The Bertz CT molecular complexity index is 685. The van der Waals surface area contributed by atoms with E-state index in [1.165, 1.54) is 6.07 Å². The molecule has 0 radical (unpaired) electrons. The van der Waals surface area contributed by atoms with Crippen LogP contribution in [0.5, 0.6) is 17.2 Å². The maximum atomic E-state index is 12.0. The fourth-order valence-corrected chi connectivity index (χ4v) is 2.33. The lowest BCUT2D eigenvalue weighted by molar-refractivity contribution is 0.0951. The van der Waals surface area contributed by atoms with Crippen LogP contribution in [0.2, 0.25) is 0 Å². The van der Waals surface area contributed by atoms with Gasteiger partial charge in [-0.25, -0.2) is 0 Å². The molecule has 2 N–H and O–H groups in total. The molecule has 0 heterocycles. The molecule has 24 heavy (non-hydrogen) atoms. The minimum Gasteiger partial charge on any atom is -0.507 e. The van der Waals surface area contributed by atoms with Crippen LogP contribution in [-0.4, -0.2) is 30.8 Å². The molecule has 5 nitrogen and oxygen atoms in total. The number of ether oxygens (including phenoxy) is 2. The molecule has 0 bridgehead atoms. The van der Waals surface area contributed by atoms with Crippen LogP contribution < -0.4 is 14.8 Å². The average molecular weight is 329 g/mol. The molecule has 0 unspecified atom stereocenters. The third-order valence-electron chi connectivity index (χ3n) is 3.46. The first kappa shape index (κ1) is 17.7. The molecule has 128 valence electrons. The molecule has 5 heteroatoms. The summed E-state index contributed by atoms with van der Waals surface area (Å²) in [4.78, 5) is 12.0. The van der Waals surface area contributed by atoms with Crippen LogP contribution in [0, 0.1) is 0 Å². The van der Waals surface area contributed by atoms with Crippen molar-refractivity contribution in [3.8, 4) is 17.2 Å². The molecule has 0 spiro atoms. The van der Waals surface area contributed by atoms with Gasteiger partial charge in [-0.1, -0.05) is 18.2 Å². The minimum absolute atomic E-state index is 0.0188. The first-order valence-electron chi connectivity index (χ1n) is 8.10. The van der Waals surface area contributed by atoms with Gasteiger partial charge in [0.2, 0.25) is 0 Å². The van der Waals surface area contributed by atoms with E-state index in [2.05, 4.69) is 5.32 Å². The Labute approximate surface area is 142 Å². The molecule has 0 saturated heterocycles. The van der Waals surface area contributed by atoms with E-state index in [1.807, 2.05) is 32.0 Å². The van der Waals surface area contributed by atoms with Crippen molar-refractivity contribution < 1.29 is 19.4 Å². The summed E-state index contributed by atoms with van der Waals surface area (Å²) >= 11 is 0. The van der Waals surface area contributed by atoms with Crippen LogP contribution in [0.15, 0.2) is 42.5 Å². The number of nitrogens with one attached hydrogen (secondary N) is 1. The van der Waals surface area contributed by atoms with Crippen molar-refractivity contribution in [2.24, 2.45) is 0 Å². The van der Waals surface area contributed by atoms with Crippen molar-refractivity contribution in [3.05, 3.63) is 53.6 Å². The zero-order chi connectivity index (χ0) is 17.4. The number of phenols is 1. The Morgan fingerprint density at radius 2 is 1.75 bits per heavy atom. The molecule has 2 aromatic rings. The maximum absolute atomic E-state index is 12.0. The highest BCUT2D eigenvalue weighted by Crippen LogP contribution is 2.28. The normalized spacial score (nSPS) is 10.2. The van der Waals surface area contributed by atoms with Gasteiger partial charge in [-0.3, -0.25) is 4.79 Å². The summed E-state index contributed by atoms with van der Waals surface area (Å²) < 4.78 is 11.1. The van der Waals surface area contributed by atoms with E-state index in [4.69, 9.17) is 9.47 Å². The fraction of sp³-hybridized carbons (Fsp3) is 0.316. The number of phenolic OH excluding ortho intramolecular Hbond substituents is 1. The Morgan fingerprint density at radius 1 is 1.04 bits per heavy atom. The van der Waals surface area contributed by atoms with E-state index in [1.54, 1.807) is 18.2 Å². The van der Waals surface area contributed by atoms with Crippen LogP contribution in [0.3, 0.4) is 0 Å². The molecule has 0 fully saturated rings. The maximum Gasteiger partial charge on any atom is 0.255 e. The van der Waals surface area contributed by atoms with Crippen LogP contribution in [-0.2, 0) is 6.42 Å². The molecule has 0 aromatic heterocycles. The second-order valence-corrected chi connectivity index (χ2v) is 5.17. The largest absolute Gasteiger partial charge is 0.507 e. The van der Waals surface area contributed by atoms with Gasteiger partial charge in [0.15, 0.2) is 11.5 Å². The van der Waals surface area contributed by atoms with E-state index in [9.17, 15) is 9.90 Å². The average Bonchev–Trinajstić information content (AvgIpc) is 2.58. The third-order valence-corrected chi connectivity index (χ3v) is 3.46. The van der Waals surface area contributed by atoms with E-state index in [0.29, 0.717) is 31.9 Å². The zero-order valence-electron chi connectivity index (χ0n) is 14.0. The Hall–Kier alpha value is -2.69. The summed E-state index contributed by atoms with van der Waals surface area (Å²) in [7, 11) is 0. The van der Waals surface area contributed by atoms with Crippen LogP contribution >= 0.6 is 0 Å². The summed E-state index contributed by atoms with van der Waals surface area (Å²) in [6, 6.07) is 12.3. The highest BCUT2D eigenvalue weighted by molar-refractivity contribution is 5.96. The monoisotopic (exact) mass is 329 g/mol. The van der Waals surface area contributed by atoms with Crippen LogP contribution in [0.25, 0.3) is 0 Å². The molecule has 0 saturated carbocycles. The number of rotatable bonds is 8. The number of benzene rings is 2. The molecule has 2 rings (SSSR count). The van der Waals surface area contributed by atoms with E-state index >= 15 is 0 Å². The van der Waals surface area contributed by atoms with Gasteiger partial charge < -0.3 is 19.9 Å². The third kappa shape index (κ3) is 4.65. The lowest BCUT2D eigenvalue weighted by atomic mass is 10.1. The van der Waals surface area contributed by atoms with Gasteiger partial charge in [0, 0.05) is 6.54 Å². The summed E-state index contributed by atoms with van der Waals surface area (Å²) in [6.45, 7) is 5.46. The Kier molecular flexibility index (Phi) is 6.49. The quantitative estimate of drug-likeness (QED) is 0.780. The van der Waals surface area contributed by atoms with Crippen LogP contribution in [0.1, 0.15) is 29.8 Å². The lowest BCUT2D eigenvalue weighted by Crippen LogP contribution is -2.25. The van der Waals surface area contributed by atoms with Crippen molar-refractivity contribution in [3.63, 3.8) is 0 Å². The van der Waals surface area contributed by atoms with Gasteiger partial charge >= 0.3 is 0 Å². The smallest absolute Gasteiger partial charge is 0.255 e. The number of carbonyl (C=O) groups excluding carboxylic acids is 1. The minimum atomic E-state index is -0.288. The molecular formula is C19H23NO4. The number of para-hydroxylation sites is 1. The number of aromatic hydroxyl groups is 1. The summed E-state index contributed by atoms with van der Waals surface area (Å²) in [6.07, 6.45) is 0.659. The standard InChI is InChI=1S/C19H23NO4/c1-3-23-17-10-9-14(13-18(17)24-4-2)11-12-20-19(22)15-7-5-6-8-16(15)21/h5-10,13,21H,3-4,11-12H2,1-2H3,(H,20,22). The van der Waals surface area contributed by atoms with Crippen molar-refractivity contribution >= 4 is 5.91 Å². The highest BCUT2D eigenvalue weighted by Gasteiger charge is 2.10. The Morgan fingerprint density at radius 3 is 2.46 bits per heavy atom. The zero-order valence-corrected chi connectivity index (χ0v) is 14.0. The van der Waals surface area contributed by atoms with Crippen molar-refractivity contribution in [1.29, 1.82) is 0 Å². The van der Waals surface area contributed by atoms with Crippen LogP contribution in [0.4, 0.5) is 0 Å². The first-order valence-corrected chi connectivity index (χ1v) is 8.10. The molecule has 1 amide bonds. The molecule has 0 aliphatic rings. The number of amides is 1. The predicted octanol–water partition coefficient (Wildman–Crippen LogP) is 3.16. The number of hydrogen-bond acceptors (Lipinski definition) is 4. The van der Waals surface area contributed by atoms with E-state index in [-0.39, 0.29) is 17.2 Å². The molecular weight excluding hydrogens is 306 g/mol. The molecule has 0 aliphatic heterocycles. The van der Waals surface area contributed by atoms with Gasteiger partial charge in [0.05, 0.1) is 18.8 Å². The van der Waals surface area contributed by atoms with Crippen molar-refractivity contribution in [2.45, 2.75) is 20.3 Å². The van der Waals surface area contributed by atoms with Crippen molar-refractivity contribution in [1.82, 2.24) is 5.32 Å². The van der Waals surface area contributed by atoms with Gasteiger partial charge in [0.1, 0.15) is 5.75 Å². The molecule has 0 atom stereocenters. The fourth-order valence-electron chi connectivity index (χ4n) is 2.33. The van der Waals surface area contributed by atoms with Gasteiger partial charge in [-0.2, -0.15) is 0 Å². The molecule has 0 aliphatic carbocycles. The Balaban J connectivity index is 1.95. The van der Waals surface area contributed by atoms with E-state index in [0.717, 1.165) is 11.3 Å². The summed E-state index contributed by atoms with van der Waals surface area (Å²) in [5.74, 6) is 1.13. The van der Waals surface area contributed by atoms with Gasteiger partial charge in [-0.15, -0.1) is 0 Å². The van der Waals surface area contributed by atoms with Gasteiger partial charge in [-0.05, 0) is 50.1 Å². The lowest BCUT2D eigenvalue weighted by Gasteiger charge is -2.12. The summed E-state index contributed by atoms with van der Waals surface area (Å²) in [5, 5.41) is 12.5. The summed E-state index contributed by atoms with van der Waals surface area (Å²) in [5.41, 5.74) is 1.32. The predicted molar refractivity (Wildman–Crippen MR) is 92.9 cm³/mol. The topological polar surface area (TPSA) is 67.8 Å². The second-order valence-electron chi connectivity index (χ2n) is 5.17. The second kappa shape index (κ2) is 8.82. The molecule has 2 aromatic carbocycles. The van der Waals surface area contributed by atoms with E-state index < -0.39 is 0 Å². The van der Waals surface area contributed by atoms with Crippen molar-refractivity contribution in [2.75, 3.05) is 19.8 Å². The number of carbonyl (C=O) groups is 1. The number of hydrogen-bond donors (Lipinski definition) is 2. The first-order chi connectivity index (χ1) is 11.7.